The van der Waals surface area contributed by atoms with Gasteiger partial charge >= 0.3 is 0 Å². The van der Waals surface area contributed by atoms with Gasteiger partial charge in [-0.1, -0.05) is 31.2 Å². The molecule has 3 unspecified atom stereocenters. The van der Waals surface area contributed by atoms with Crippen LogP contribution >= 0.6 is 0 Å². The minimum Gasteiger partial charge on any atom is -0.497 e. The SMILES string of the molecule is CCCN1CC(C(=O)Nc2cccc(OC)c2)C2NN(c3ccccc3)C(=O)C2C1. The Balaban J connectivity index is 1.57. The van der Waals surface area contributed by atoms with Gasteiger partial charge in [-0.05, 0) is 37.2 Å². The monoisotopic (exact) mass is 408 g/mol. The predicted molar refractivity (Wildman–Crippen MR) is 116 cm³/mol. The summed E-state index contributed by atoms with van der Waals surface area (Å²) in [6.45, 7) is 4.26. The lowest BCUT2D eigenvalue weighted by Crippen LogP contribution is -2.56. The second kappa shape index (κ2) is 8.85. The lowest BCUT2D eigenvalue weighted by Gasteiger charge is -2.38. The maximum Gasteiger partial charge on any atom is 0.247 e. The molecule has 0 saturated carbocycles. The van der Waals surface area contributed by atoms with Gasteiger partial charge in [-0.3, -0.25) is 9.59 Å². The highest BCUT2D eigenvalue weighted by Gasteiger charge is 2.50. The highest BCUT2D eigenvalue weighted by Crippen LogP contribution is 2.32. The topological polar surface area (TPSA) is 73.9 Å². The van der Waals surface area contributed by atoms with E-state index in [2.05, 4.69) is 22.6 Å². The van der Waals surface area contributed by atoms with Gasteiger partial charge in [0, 0.05) is 24.8 Å². The van der Waals surface area contributed by atoms with Crippen molar-refractivity contribution in [3.8, 4) is 5.75 Å². The molecule has 4 rings (SSSR count). The van der Waals surface area contributed by atoms with E-state index in [1.807, 2.05) is 48.5 Å². The number of nitrogens with zero attached hydrogens (tertiary/aromatic N) is 2. The maximum absolute atomic E-state index is 13.3. The molecule has 2 fully saturated rings. The molecule has 0 bridgehead atoms. The van der Waals surface area contributed by atoms with Crippen molar-refractivity contribution in [3.05, 3.63) is 54.6 Å². The molecule has 30 heavy (non-hydrogen) atoms. The summed E-state index contributed by atoms with van der Waals surface area (Å²) < 4.78 is 5.25. The number of anilines is 2. The normalized spacial score (nSPS) is 23.9. The molecule has 2 N–H and O–H groups in total. The van der Waals surface area contributed by atoms with Crippen molar-refractivity contribution in [2.45, 2.75) is 19.4 Å². The molecule has 2 aromatic rings. The molecule has 0 radical (unpaired) electrons. The van der Waals surface area contributed by atoms with Gasteiger partial charge in [0.15, 0.2) is 0 Å². The van der Waals surface area contributed by atoms with E-state index in [1.54, 1.807) is 18.2 Å². The first-order chi connectivity index (χ1) is 14.6. The van der Waals surface area contributed by atoms with Crippen molar-refractivity contribution in [3.63, 3.8) is 0 Å². The number of amides is 2. The van der Waals surface area contributed by atoms with Gasteiger partial charge in [0.1, 0.15) is 5.75 Å². The molecule has 2 heterocycles. The Labute approximate surface area is 177 Å². The average molecular weight is 409 g/mol. The van der Waals surface area contributed by atoms with Crippen molar-refractivity contribution in [2.75, 3.05) is 37.1 Å². The van der Waals surface area contributed by atoms with Crippen LogP contribution in [0.25, 0.3) is 0 Å². The lowest BCUT2D eigenvalue weighted by molar-refractivity contribution is -0.126. The lowest BCUT2D eigenvalue weighted by atomic mass is 9.84. The second-order valence-electron chi connectivity index (χ2n) is 7.86. The van der Waals surface area contributed by atoms with E-state index in [0.717, 1.165) is 18.7 Å². The van der Waals surface area contributed by atoms with Gasteiger partial charge in [-0.25, -0.2) is 10.4 Å². The number of para-hydroxylation sites is 1. The van der Waals surface area contributed by atoms with Gasteiger partial charge < -0.3 is 15.0 Å². The summed E-state index contributed by atoms with van der Waals surface area (Å²) in [4.78, 5) is 28.7. The number of hydrogen-bond acceptors (Lipinski definition) is 5. The predicted octanol–water partition coefficient (Wildman–Crippen LogP) is 2.51. The third-order valence-corrected chi connectivity index (χ3v) is 5.82. The number of rotatable bonds is 6. The van der Waals surface area contributed by atoms with E-state index in [9.17, 15) is 9.59 Å². The Morgan fingerprint density at radius 1 is 1.17 bits per heavy atom. The Morgan fingerprint density at radius 3 is 2.70 bits per heavy atom. The number of benzene rings is 2. The third kappa shape index (κ3) is 4.04. The zero-order valence-electron chi connectivity index (χ0n) is 17.4. The number of hydrogen-bond donors (Lipinski definition) is 2. The number of fused-ring (bicyclic) bond motifs is 1. The van der Waals surface area contributed by atoms with Crippen molar-refractivity contribution < 1.29 is 14.3 Å². The molecule has 0 aliphatic carbocycles. The summed E-state index contributed by atoms with van der Waals surface area (Å²) in [7, 11) is 1.60. The summed E-state index contributed by atoms with van der Waals surface area (Å²) >= 11 is 0. The highest BCUT2D eigenvalue weighted by atomic mass is 16.5. The Hall–Kier alpha value is -2.90. The number of carbonyl (C=O) groups excluding carboxylic acids is 2. The summed E-state index contributed by atoms with van der Waals surface area (Å²) in [5, 5.41) is 4.62. The fourth-order valence-electron chi connectivity index (χ4n) is 4.39. The Kier molecular flexibility index (Phi) is 6.01. The number of likely N-dealkylation sites (tertiary alicyclic amines) is 1. The van der Waals surface area contributed by atoms with Crippen LogP contribution < -0.4 is 20.5 Å². The van der Waals surface area contributed by atoms with Crippen LogP contribution in [0.2, 0.25) is 0 Å². The van der Waals surface area contributed by atoms with Crippen molar-refractivity contribution in [2.24, 2.45) is 11.8 Å². The van der Waals surface area contributed by atoms with Crippen LogP contribution in [0.1, 0.15) is 13.3 Å². The van der Waals surface area contributed by atoms with E-state index < -0.39 is 0 Å². The van der Waals surface area contributed by atoms with Gasteiger partial charge in [0.2, 0.25) is 11.8 Å². The quantitative estimate of drug-likeness (QED) is 0.768. The number of nitrogens with one attached hydrogen (secondary N) is 2. The van der Waals surface area contributed by atoms with Crippen LogP contribution in [0.15, 0.2) is 54.6 Å². The molecule has 7 heteroatoms. The van der Waals surface area contributed by atoms with Crippen molar-refractivity contribution >= 4 is 23.2 Å². The fraction of sp³-hybridized carbons (Fsp3) is 0.391. The standard InChI is InChI=1S/C23H28N4O3/c1-3-12-26-14-19(22(28)24-16-8-7-11-18(13-16)30-2)21-20(15-26)23(29)27(25-21)17-9-5-4-6-10-17/h4-11,13,19-21,25H,3,12,14-15H2,1-2H3,(H,24,28). The van der Waals surface area contributed by atoms with Crippen LogP contribution in [-0.4, -0.2) is 49.5 Å². The molecule has 2 aliphatic rings. The number of piperidine rings is 1. The molecule has 158 valence electrons. The number of hydrazine groups is 1. The van der Waals surface area contributed by atoms with Crippen molar-refractivity contribution in [1.82, 2.24) is 10.3 Å². The summed E-state index contributed by atoms with van der Waals surface area (Å²) in [5.41, 5.74) is 4.82. The number of methoxy groups -OCH3 is 1. The molecular weight excluding hydrogens is 380 g/mol. The molecular formula is C23H28N4O3. The van der Waals surface area contributed by atoms with Crippen LogP contribution in [0.3, 0.4) is 0 Å². The van der Waals surface area contributed by atoms with Crippen molar-refractivity contribution in [1.29, 1.82) is 0 Å². The van der Waals surface area contributed by atoms with Gasteiger partial charge in [0.05, 0.1) is 30.7 Å². The Bertz CT molecular complexity index is 904. The fourth-order valence-corrected chi connectivity index (χ4v) is 4.39. The van der Waals surface area contributed by atoms with Crippen LogP contribution in [-0.2, 0) is 9.59 Å². The summed E-state index contributed by atoms with van der Waals surface area (Å²) in [5.74, 6) is 0.0116. The van der Waals surface area contributed by atoms with Crippen LogP contribution in [0.4, 0.5) is 11.4 Å². The minimum absolute atomic E-state index is 0.0196. The minimum atomic E-state index is -0.348. The van der Waals surface area contributed by atoms with E-state index in [4.69, 9.17) is 4.74 Å². The molecule has 2 amide bonds. The molecule has 0 aromatic heterocycles. The molecule has 2 aliphatic heterocycles. The first-order valence-corrected chi connectivity index (χ1v) is 10.4. The maximum atomic E-state index is 13.3. The van der Waals surface area contributed by atoms with Gasteiger partial charge in [0.25, 0.3) is 0 Å². The Morgan fingerprint density at radius 2 is 1.97 bits per heavy atom. The van der Waals surface area contributed by atoms with E-state index in [1.165, 1.54) is 0 Å². The molecule has 7 nitrogen and oxygen atoms in total. The third-order valence-electron chi connectivity index (χ3n) is 5.82. The zero-order chi connectivity index (χ0) is 21.1. The van der Waals surface area contributed by atoms with Gasteiger partial charge in [-0.15, -0.1) is 0 Å². The molecule has 2 saturated heterocycles. The molecule has 2 aromatic carbocycles. The summed E-state index contributed by atoms with van der Waals surface area (Å²) in [6, 6.07) is 16.6. The van der Waals surface area contributed by atoms with E-state index in [0.29, 0.717) is 24.5 Å². The largest absolute Gasteiger partial charge is 0.497 e. The zero-order valence-corrected chi connectivity index (χ0v) is 17.4. The summed E-state index contributed by atoms with van der Waals surface area (Å²) in [6.07, 6.45) is 0.978. The molecule has 3 atom stereocenters. The number of ether oxygens (including phenoxy) is 1. The average Bonchev–Trinajstić information content (AvgIpc) is 3.10. The number of carbonyl (C=O) groups is 2. The van der Waals surface area contributed by atoms with Crippen LogP contribution in [0, 0.1) is 11.8 Å². The van der Waals surface area contributed by atoms with Gasteiger partial charge in [-0.2, -0.15) is 0 Å². The highest BCUT2D eigenvalue weighted by molar-refractivity contribution is 6.00. The van der Waals surface area contributed by atoms with E-state index >= 15 is 0 Å². The first kappa shape index (κ1) is 20.4. The molecule has 0 spiro atoms. The second-order valence-corrected chi connectivity index (χ2v) is 7.86. The smallest absolute Gasteiger partial charge is 0.247 e. The van der Waals surface area contributed by atoms with E-state index in [-0.39, 0.29) is 29.7 Å². The first-order valence-electron chi connectivity index (χ1n) is 10.4. The van der Waals surface area contributed by atoms with Crippen LogP contribution in [0.5, 0.6) is 5.75 Å².